The lowest BCUT2D eigenvalue weighted by molar-refractivity contribution is 0.247. The van der Waals surface area contributed by atoms with Gasteiger partial charge in [0.1, 0.15) is 12.4 Å². The van der Waals surface area contributed by atoms with Crippen LogP contribution in [0.1, 0.15) is 24.0 Å². The minimum absolute atomic E-state index is 0.236. The number of amides is 2. The van der Waals surface area contributed by atoms with Crippen molar-refractivity contribution in [1.29, 1.82) is 0 Å². The van der Waals surface area contributed by atoms with Gasteiger partial charge in [-0.15, -0.1) is 0 Å². The third-order valence-electron chi connectivity index (χ3n) is 4.12. The number of para-hydroxylation sites is 1. The average Bonchev–Trinajstić information content (AvgIpc) is 2.61. The van der Waals surface area contributed by atoms with E-state index in [9.17, 15) is 4.79 Å². The molecule has 2 aromatic carbocycles. The first kappa shape index (κ1) is 16.8. The third kappa shape index (κ3) is 4.29. The highest BCUT2D eigenvalue weighted by Crippen LogP contribution is 2.29. The number of carbonyl (C=O) groups excluding carboxylic acids is 1. The Morgan fingerprint density at radius 3 is 2.79 bits per heavy atom. The summed E-state index contributed by atoms with van der Waals surface area (Å²) in [7, 11) is 0. The highest BCUT2D eigenvalue weighted by atomic mass is 79.9. The van der Waals surface area contributed by atoms with Crippen molar-refractivity contribution in [1.82, 2.24) is 5.32 Å². The van der Waals surface area contributed by atoms with Crippen molar-refractivity contribution < 1.29 is 9.53 Å². The van der Waals surface area contributed by atoms with Crippen LogP contribution in [0.25, 0.3) is 0 Å². The second-order valence-electron chi connectivity index (χ2n) is 5.81. The van der Waals surface area contributed by atoms with Crippen molar-refractivity contribution in [2.75, 3.05) is 18.5 Å². The molecule has 3 rings (SSSR count). The van der Waals surface area contributed by atoms with E-state index < -0.39 is 0 Å². The van der Waals surface area contributed by atoms with Gasteiger partial charge >= 0.3 is 6.03 Å². The van der Waals surface area contributed by atoms with Crippen LogP contribution in [0.3, 0.4) is 0 Å². The van der Waals surface area contributed by atoms with Crippen LogP contribution in [0.2, 0.25) is 0 Å². The largest absolute Gasteiger partial charge is 0.491 e. The summed E-state index contributed by atoms with van der Waals surface area (Å²) in [6.45, 7) is 0.916. The predicted octanol–water partition coefficient (Wildman–Crippen LogP) is 4.53. The van der Waals surface area contributed by atoms with Crippen molar-refractivity contribution in [3.05, 3.63) is 58.1 Å². The summed E-state index contributed by atoms with van der Waals surface area (Å²) in [5.41, 5.74) is 3.48. The molecule has 0 spiro atoms. The van der Waals surface area contributed by atoms with Gasteiger partial charge in [-0.1, -0.05) is 24.3 Å². The molecule has 0 atom stereocenters. The molecule has 1 aliphatic carbocycles. The molecule has 0 aliphatic heterocycles. The fraction of sp³-hybridized carbons (Fsp3) is 0.316. The lowest BCUT2D eigenvalue weighted by Crippen LogP contribution is -2.32. The predicted molar refractivity (Wildman–Crippen MR) is 99.7 cm³/mol. The van der Waals surface area contributed by atoms with E-state index >= 15 is 0 Å². The van der Waals surface area contributed by atoms with Crippen LogP contribution < -0.4 is 15.4 Å². The number of hydrogen-bond acceptors (Lipinski definition) is 2. The highest BCUT2D eigenvalue weighted by molar-refractivity contribution is 9.10. The molecule has 0 radical (unpaired) electrons. The van der Waals surface area contributed by atoms with Crippen LogP contribution >= 0.6 is 15.9 Å². The van der Waals surface area contributed by atoms with Gasteiger partial charge in [-0.2, -0.15) is 0 Å². The number of hydrogen-bond donors (Lipinski definition) is 2. The summed E-state index contributed by atoms with van der Waals surface area (Å²) < 4.78 is 6.73. The Hall–Kier alpha value is -2.01. The van der Waals surface area contributed by atoms with Crippen LogP contribution in [0.4, 0.5) is 10.5 Å². The second-order valence-corrected chi connectivity index (χ2v) is 6.66. The Kier molecular flexibility index (Phi) is 5.75. The zero-order chi connectivity index (χ0) is 16.8. The first-order valence-corrected chi connectivity index (χ1v) is 9.06. The van der Waals surface area contributed by atoms with E-state index in [1.807, 2.05) is 36.4 Å². The Labute approximate surface area is 150 Å². The molecule has 126 valence electrons. The zero-order valence-corrected chi connectivity index (χ0v) is 15.1. The van der Waals surface area contributed by atoms with Gasteiger partial charge in [-0.25, -0.2) is 4.79 Å². The first-order chi connectivity index (χ1) is 11.7. The van der Waals surface area contributed by atoms with Gasteiger partial charge < -0.3 is 15.4 Å². The number of anilines is 1. The summed E-state index contributed by atoms with van der Waals surface area (Å²) >= 11 is 3.40. The number of ether oxygens (including phenoxy) is 1. The standard InChI is InChI=1S/C19H21BrN2O2/c20-16-9-3-4-10-17(16)22-19(23)21-12-13-24-18-11-5-7-14-6-1-2-8-15(14)18/h3-5,7,9-11H,1-2,6,8,12-13H2,(H2,21,22,23). The lowest BCUT2D eigenvalue weighted by Gasteiger charge is -2.19. The zero-order valence-electron chi connectivity index (χ0n) is 13.5. The highest BCUT2D eigenvalue weighted by Gasteiger charge is 2.13. The van der Waals surface area contributed by atoms with Crippen LogP contribution in [-0.4, -0.2) is 19.2 Å². The molecule has 2 N–H and O–H groups in total. The maximum Gasteiger partial charge on any atom is 0.319 e. The summed E-state index contributed by atoms with van der Waals surface area (Å²) in [6, 6.07) is 13.5. The number of benzene rings is 2. The molecule has 0 aromatic heterocycles. The molecular formula is C19H21BrN2O2. The van der Waals surface area contributed by atoms with Crippen LogP contribution in [-0.2, 0) is 12.8 Å². The summed E-state index contributed by atoms with van der Waals surface area (Å²) in [5, 5.41) is 5.62. The van der Waals surface area contributed by atoms with Gasteiger partial charge in [0, 0.05) is 4.47 Å². The lowest BCUT2D eigenvalue weighted by atomic mass is 9.91. The van der Waals surface area contributed by atoms with E-state index in [1.165, 1.54) is 24.0 Å². The molecule has 0 unspecified atom stereocenters. The van der Waals surface area contributed by atoms with Crippen molar-refractivity contribution in [3.63, 3.8) is 0 Å². The monoisotopic (exact) mass is 388 g/mol. The van der Waals surface area contributed by atoms with Gasteiger partial charge in [0.25, 0.3) is 0 Å². The van der Waals surface area contributed by atoms with Crippen molar-refractivity contribution >= 4 is 27.6 Å². The first-order valence-electron chi connectivity index (χ1n) is 8.27. The normalized spacial score (nSPS) is 13.0. The van der Waals surface area contributed by atoms with E-state index in [0.29, 0.717) is 13.2 Å². The molecule has 0 saturated heterocycles. The molecule has 24 heavy (non-hydrogen) atoms. The Balaban J connectivity index is 1.46. The number of nitrogens with one attached hydrogen (secondary N) is 2. The Morgan fingerprint density at radius 2 is 1.92 bits per heavy atom. The maximum absolute atomic E-state index is 11.9. The van der Waals surface area contributed by atoms with Gasteiger partial charge in [0.2, 0.25) is 0 Å². The molecule has 0 fully saturated rings. The Morgan fingerprint density at radius 1 is 1.08 bits per heavy atom. The molecule has 4 nitrogen and oxygen atoms in total. The quantitative estimate of drug-likeness (QED) is 0.739. The minimum Gasteiger partial charge on any atom is -0.491 e. The molecule has 5 heteroatoms. The molecule has 1 aliphatic rings. The molecule has 0 bridgehead atoms. The Bertz CT molecular complexity index is 718. The fourth-order valence-electron chi connectivity index (χ4n) is 2.94. The maximum atomic E-state index is 11.9. The summed E-state index contributed by atoms with van der Waals surface area (Å²) in [6.07, 6.45) is 4.70. The smallest absolute Gasteiger partial charge is 0.319 e. The molecule has 0 heterocycles. The summed E-state index contributed by atoms with van der Waals surface area (Å²) in [4.78, 5) is 11.9. The SMILES string of the molecule is O=C(NCCOc1cccc2c1CCCC2)Nc1ccccc1Br. The van der Waals surface area contributed by atoms with Gasteiger partial charge in [0.15, 0.2) is 0 Å². The second kappa shape index (κ2) is 8.20. The molecular weight excluding hydrogens is 368 g/mol. The van der Waals surface area contributed by atoms with E-state index in [2.05, 4.69) is 32.6 Å². The fourth-order valence-corrected chi connectivity index (χ4v) is 3.32. The molecule has 0 saturated carbocycles. The van der Waals surface area contributed by atoms with Crippen LogP contribution in [0.5, 0.6) is 5.75 Å². The van der Waals surface area contributed by atoms with Gasteiger partial charge in [-0.3, -0.25) is 0 Å². The van der Waals surface area contributed by atoms with Crippen molar-refractivity contribution in [3.8, 4) is 5.75 Å². The van der Waals surface area contributed by atoms with Crippen molar-refractivity contribution in [2.24, 2.45) is 0 Å². The van der Waals surface area contributed by atoms with Gasteiger partial charge in [0.05, 0.1) is 12.2 Å². The van der Waals surface area contributed by atoms with Crippen molar-refractivity contribution in [2.45, 2.75) is 25.7 Å². The number of rotatable bonds is 5. The summed E-state index contributed by atoms with van der Waals surface area (Å²) in [5.74, 6) is 0.959. The van der Waals surface area contributed by atoms with E-state index in [4.69, 9.17) is 4.74 Å². The minimum atomic E-state index is -0.236. The van der Waals surface area contributed by atoms with Crippen LogP contribution in [0, 0.1) is 0 Å². The van der Waals surface area contributed by atoms with E-state index in [1.54, 1.807) is 0 Å². The number of aryl methyl sites for hydroxylation is 1. The average molecular weight is 389 g/mol. The molecule has 2 amide bonds. The van der Waals surface area contributed by atoms with E-state index in [-0.39, 0.29) is 6.03 Å². The number of fused-ring (bicyclic) bond motifs is 1. The number of halogens is 1. The number of urea groups is 1. The topological polar surface area (TPSA) is 50.4 Å². The number of carbonyl (C=O) groups is 1. The third-order valence-corrected chi connectivity index (χ3v) is 4.81. The van der Waals surface area contributed by atoms with E-state index in [0.717, 1.165) is 28.8 Å². The van der Waals surface area contributed by atoms with Gasteiger partial charge in [-0.05, 0) is 70.9 Å². The van der Waals surface area contributed by atoms with Crippen LogP contribution in [0.15, 0.2) is 46.9 Å². The molecule has 2 aromatic rings.